The molecule has 0 fully saturated rings. The summed E-state index contributed by atoms with van der Waals surface area (Å²) in [6.07, 6.45) is 3.25. The fourth-order valence-electron chi connectivity index (χ4n) is 1.36. The molecule has 2 N–H and O–H groups in total. The molecular weight excluding hydrogens is 301 g/mol. The van der Waals surface area contributed by atoms with E-state index in [-0.39, 0.29) is 6.61 Å². The van der Waals surface area contributed by atoms with Gasteiger partial charge in [0.05, 0.1) is 16.9 Å². The van der Waals surface area contributed by atoms with Gasteiger partial charge in [0.2, 0.25) is 0 Å². The molecule has 0 aliphatic rings. The van der Waals surface area contributed by atoms with Crippen LogP contribution in [-0.4, -0.2) is 23.7 Å². The highest BCUT2D eigenvalue weighted by Crippen LogP contribution is 2.27. The summed E-state index contributed by atoms with van der Waals surface area (Å²) in [5.41, 5.74) is 3.12. The molecule has 104 valence electrons. The third-order valence-electron chi connectivity index (χ3n) is 2.27. The molecule has 2 aromatic rings. The Morgan fingerprint density at radius 1 is 1.40 bits per heavy atom. The van der Waals surface area contributed by atoms with Crippen molar-refractivity contribution in [1.29, 1.82) is 0 Å². The number of H-pyrrole nitrogens is 1. The Balaban J connectivity index is 1.82. The highest BCUT2D eigenvalue weighted by Gasteiger charge is 2.05. The largest absolute Gasteiger partial charge is 0.482 e. The van der Waals surface area contributed by atoms with Crippen molar-refractivity contribution < 1.29 is 9.53 Å². The average molecular weight is 312 g/mol. The van der Waals surface area contributed by atoms with E-state index in [9.17, 15) is 4.79 Å². The number of nitrogens with one attached hydrogen (secondary N) is 2. The van der Waals surface area contributed by atoms with Crippen LogP contribution in [0.15, 0.2) is 41.6 Å². The van der Waals surface area contributed by atoms with Gasteiger partial charge < -0.3 is 9.72 Å². The summed E-state index contributed by atoms with van der Waals surface area (Å²) in [6, 6.07) is 8.42. The topological polar surface area (TPSA) is 66.5 Å². The first-order valence-corrected chi connectivity index (χ1v) is 6.44. The van der Waals surface area contributed by atoms with E-state index in [1.807, 2.05) is 12.1 Å². The summed E-state index contributed by atoms with van der Waals surface area (Å²) in [5.74, 6) is -0.0495. The fraction of sp³-hybridized carbons (Fsp3) is 0.0769. The molecule has 1 amide bonds. The number of hydrogen-bond acceptors (Lipinski definition) is 3. The quantitative estimate of drug-likeness (QED) is 0.658. The summed E-state index contributed by atoms with van der Waals surface area (Å²) in [7, 11) is 0. The number of hydrazone groups is 1. The Kier molecular flexibility index (Phi) is 5.03. The number of carbonyl (C=O) groups excluding carboxylic acids is 1. The second kappa shape index (κ2) is 6.98. The third kappa shape index (κ3) is 4.29. The molecule has 1 aromatic carbocycles. The monoisotopic (exact) mass is 311 g/mol. The highest BCUT2D eigenvalue weighted by molar-refractivity contribution is 6.34. The molecule has 1 aromatic heterocycles. The van der Waals surface area contributed by atoms with Crippen LogP contribution in [-0.2, 0) is 4.79 Å². The van der Waals surface area contributed by atoms with E-state index in [0.29, 0.717) is 15.8 Å². The highest BCUT2D eigenvalue weighted by atomic mass is 35.5. The van der Waals surface area contributed by atoms with Crippen molar-refractivity contribution in [2.75, 3.05) is 6.61 Å². The minimum atomic E-state index is -0.399. The first-order chi connectivity index (χ1) is 9.65. The Labute approximate surface area is 125 Å². The van der Waals surface area contributed by atoms with E-state index < -0.39 is 5.91 Å². The molecule has 7 heteroatoms. The zero-order valence-corrected chi connectivity index (χ0v) is 11.8. The average Bonchev–Trinajstić information content (AvgIpc) is 2.93. The molecule has 0 atom stereocenters. The maximum absolute atomic E-state index is 11.5. The van der Waals surface area contributed by atoms with E-state index >= 15 is 0 Å². The minimum absolute atomic E-state index is 0.206. The van der Waals surface area contributed by atoms with Crippen LogP contribution in [0.1, 0.15) is 5.69 Å². The summed E-state index contributed by atoms with van der Waals surface area (Å²) in [6.45, 7) is -0.206. The number of amides is 1. The van der Waals surface area contributed by atoms with Gasteiger partial charge in [0.15, 0.2) is 6.61 Å². The first kappa shape index (κ1) is 14.4. The second-order valence-corrected chi connectivity index (χ2v) is 4.63. The molecule has 20 heavy (non-hydrogen) atoms. The number of aromatic amines is 1. The number of hydrogen-bond donors (Lipinski definition) is 2. The summed E-state index contributed by atoms with van der Waals surface area (Å²) in [4.78, 5) is 14.4. The van der Waals surface area contributed by atoms with Crippen LogP contribution >= 0.6 is 23.2 Å². The van der Waals surface area contributed by atoms with Crippen molar-refractivity contribution in [3.8, 4) is 5.75 Å². The molecule has 0 radical (unpaired) electrons. The van der Waals surface area contributed by atoms with Gasteiger partial charge in [0.25, 0.3) is 5.91 Å². The van der Waals surface area contributed by atoms with Crippen molar-refractivity contribution in [2.24, 2.45) is 5.10 Å². The fourth-order valence-corrected chi connectivity index (χ4v) is 1.70. The lowest BCUT2D eigenvalue weighted by Gasteiger charge is -2.07. The third-order valence-corrected chi connectivity index (χ3v) is 2.81. The molecule has 0 aliphatic carbocycles. The van der Waals surface area contributed by atoms with Gasteiger partial charge in [-0.1, -0.05) is 23.2 Å². The van der Waals surface area contributed by atoms with E-state index in [2.05, 4.69) is 15.5 Å². The normalized spacial score (nSPS) is 10.7. The maximum atomic E-state index is 11.5. The standard InChI is InChI=1S/C13H11Cl2N3O2/c14-9-3-4-11(15)12(6-9)20-8-13(19)18-17-7-10-2-1-5-16-10/h1-7,16H,8H2,(H,18,19)/b17-7-. The van der Waals surface area contributed by atoms with E-state index in [1.165, 1.54) is 6.21 Å². The van der Waals surface area contributed by atoms with Gasteiger partial charge in [0.1, 0.15) is 5.75 Å². The molecule has 0 unspecified atom stereocenters. The van der Waals surface area contributed by atoms with Gasteiger partial charge in [-0.15, -0.1) is 0 Å². The molecule has 0 spiro atoms. The smallest absolute Gasteiger partial charge is 0.277 e. The Morgan fingerprint density at radius 2 is 2.25 bits per heavy atom. The number of halogens is 2. The van der Waals surface area contributed by atoms with Crippen LogP contribution in [0, 0.1) is 0 Å². The van der Waals surface area contributed by atoms with Crippen LogP contribution < -0.4 is 10.2 Å². The number of ether oxygens (including phenoxy) is 1. The number of rotatable bonds is 5. The zero-order valence-electron chi connectivity index (χ0n) is 10.3. The molecular formula is C13H11Cl2N3O2. The Hall–Kier alpha value is -1.98. The van der Waals surface area contributed by atoms with Crippen LogP contribution in [0.5, 0.6) is 5.75 Å². The number of aromatic nitrogens is 1. The Morgan fingerprint density at radius 3 is 3.00 bits per heavy atom. The van der Waals surface area contributed by atoms with Crippen LogP contribution in [0.3, 0.4) is 0 Å². The van der Waals surface area contributed by atoms with Gasteiger partial charge in [-0.05, 0) is 24.3 Å². The van der Waals surface area contributed by atoms with E-state index in [4.69, 9.17) is 27.9 Å². The maximum Gasteiger partial charge on any atom is 0.277 e. The van der Waals surface area contributed by atoms with Gasteiger partial charge in [-0.25, -0.2) is 5.43 Å². The van der Waals surface area contributed by atoms with Gasteiger partial charge in [-0.2, -0.15) is 5.10 Å². The van der Waals surface area contributed by atoms with Crippen LogP contribution in [0.4, 0.5) is 0 Å². The van der Waals surface area contributed by atoms with Crippen LogP contribution in [0.25, 0.3) is 0 Å². The zero-order chi connectivity index (χ0) is 14.4. The van der Waals surface area contributed by atoms with Crippen molar-refractivity contribution in [3.05, 3.63) is 52.3 Å². The van der Waals surface area contributed by atoms with Gasteiger partial charge in [-0.3, -0.25) is 4.79 Å². The van der Waals surface area contributed by atoms with Crippen molar-refractivity contribution in [3.63, 3.8) is 0 Å². The van der Waals surface area contributed by atoms with Crippen molar-refractivity contribution in [1.82, 2.24) is 10.4 Å². The lowest BCUT2D eigenvalue weighted by Crippen LogP contribution is -2.24. The van der Waals surface area contributed by atoms with E-state index in [1.54, 1.807) is 24.4 Å². The minimum Gasteiger partial charge on any atom is -0.482 e. The molecule has 0 saturated heterocycles. The SMILES string of the molecule is O=C(COc1cc(Cl)ccc1Cl)N/N=C\c1ccc[nH]1. The molecule has 0 bridgehead atoms. The lowest BCUT2D eigenvalue weighted by molar-refractivity contribution is -0.123. The van der Waals surface area contributed by atoms with Gasteiger partial charge >= 0.3 is 0 Å². The number of carbonyl (C=O) groups is 1. The molecule has 5 nitrogen and oxygen atoms in total. The molecule has 0 aliphatic heterocycles. The Bertz CT molecular complexity index is 612. The molecule has 0 saturated carbocycles. The summed E-state index contributed by atoms with van der Waals surface area (Å²) >= 11 is 11.7. The molecule has 2 rings (SSSR count). The first-order valence-electron chi connectivity index (χ1n) is 5.68. The number of nitrogens with zero attached hydrogens (tertiary/aromatic N) is 1. The summed E-state index contributed by atoms with van der Waals surface area (Å²) in [5, 5.41) is 4.64. The second-order valence-electron chi connectivity index (χ2n) is 3.78. The lowest BCUT2D eigenvalue weighted by atomic mass is 10.3. The number of benzene rings is 1. The van der Waals surface area contributed by atoms with Crippen LogP contribution in [0.2, 0.25) is 10.0 Å². The molecule has 1 heterocycles. The summed E-state index contributed by atoms with van der Waals surface area (Å²) < 4.78 is 5.26. The van der Waals surface area contributed by atoms with E-state index in [0.717, 1.165) is 5.69 Å². The predicted molar refractivity (Wildman–Crippen MR) is 78.5 cm³/mol. The van der Waals surface area contributed by atoms with Crippen molar-refractivity contribution in [2.45, 2.75) is 0 Å². The predicted octanol–water partition coefficient (Wildman–Crippen LogP) is 2.85. The van der Waals surface area contributed by atoms with Crippen molar-refractivity contribution >= 4 is 35.3 Å². The van der Waals surface area contributed by atoms with Gasteiger partial charge in [0, 0.05) is 17.3 Å².